The van der Waals surface area contributed by atoms with E-state index in [1.807, 2.05) is 36.0 Å². The van der Waals surface area contributed by atoms with Crippen molar-refractivity contribution in [1.82, 2.24) is 15.2 Å². The summed E-state index contributed by atoms with van der Waals surface area (Å²) in [7, 11) is 0. The third kappa shape index (κ3) is 6.06. The summed E-state index contributed by atoms with van der Waals surface area (Å²) in [6, 6.07) is 7.67. The highest BCUT2D eigenvalue weighted by Gasteiger charge is 2.13. The highest BCUT2D eigenvalue weighted by atomic mass is 19.3. The number of alkyl halides is 2. The Labute approximate surface area is 144 Å². The normalized spacial score (nSPS) is 11.6. The zero-order valence-electron chi connectivity index (χ0n) is 13.9. The summed E-state index contributed by atoms with van der Waals surface area (Å²) < 4.78 is 45.2. The molecule has 0 saturated carbocycles. The van der Waals surface area contributed by atoms with Crippen molar-refractivity contribution in [2.24, 2.45) is 4.99 Å². The van der Waals surface area contributed by atoms with Crippen LogP contribution in [0.4, 0.5) is 13.2 Å². The first kappa shape index (κ1) is 18.7. The molecule has 2 rings (SSSR count). The molecule has 2 aromatic rings. The Kier molecular flexibility index (Phi) is 7.18. The summed E-state index contributed by atoms with van der Waals surface area (Å²) in [5.74, 6) is -0.368. The number of hydrogen-bond donors (Lipinski definition) is 2. The number of halogens is 3. The van der Waals surface area contributed by atoms with Gasteiger partial charge in [0.25, 0.3) is 0 Å². The van der Waals surface area contributed by atoms with E-state index < -0.39 is 12.4 Å². The zero-order valence-corrected chi connectivity index (χ0v) is 13.9. The zero-order chi connectivity index (χ0) is 18.1. The van der Waals surface area contributed by atoms with Gasteiger partial charge in [-0.1, -0.05) is 6.07 Å². The van der Waals surface area contributed by atoms with Crippen molar-refractivity contribution in [2.45, 2.75) is 26.6 Å². The van der Waals surface area contributed by atoms with Gasteiger partial charge >= 0.3 is 6.61 Å². The van der Waals surface area contributed by atoms with E-state index in [0.717, 1.165) is 6.54 Å². The van der Waals surface area contributed by atoms with Crippen molar-refractivity contribution in [3.05, 3.63) is 54.1 Å². The summed E-state index contributed by atoms with van der Waals surface area (Å²) >= 11 is 0. The van der Waals surface area contributed by atoms with E-state index in [4.69, 9.17) is 0 Å². The van der Waals surface area contributed by atoms with Gasteiger partial charge in [0.1, 0.15) is 11.6 Å². The second-order valence-corrected chi connectivity index (χ2v) is 5.14. The van der Waals surface area contributed by atoms with Crippen LogP contribution >= 0.6 is 0 Å². The van der Waals surface area contributed by atoms with Gasteiger partial charge in [-0.2, -0.15) is 8.78 Å². The average molecular weight is 354 g/mol. The molecule has 0 amide bonds. The van der Waals surface area contributed by atoms with Crippen LogP contribution in [0.25, 0.3) is 0 Å². The SMILES string of the molecule is CCNC(=NCc1c(F)cccc1OC(F)F)NCCn1cccc1. The van der Waals surface area contributed by atoms with Gasteiger partial charge in [-0.25, -0.2) is 9.38 Å². The Morgan fingerprint density at radius 1 is 1.20 bits per heavy atom. The van der Waals surface area contributed by atoms with Crippen LogP contribution in [-0.4, -0.2) is 30.2 Å². The minimum absolute atomic E-state index is 0.00888. The first-order chi connectivity index (χ1) is 12.1. The Bertz CT molecular complexity index is 675. The minimum Gasteiger partial charge on any atom is -0.434 e. The van der Waals surface area contributed by atoms with E-state index in [9.17, 15) is 13.2 Å². The summed E-state index contributed by atoms with van der Waals surface area (Å²) in [6.45, 7) is 0.727. The molecule has 2 N–H and O–H groups in total. The minimum atomic E-state index is -3.02. The van der Waals surface area contributed by atoms with Crippen molar-refractivity contribution >= 4 is 5.96 Å². The van der Waals surface area contributed by atoms with Crippen LogP contribution in [0.15, 0.2) is 47.7 Å². The molecular formula is C17H21F3N4O. The molecule has 25 heavy (non-hydrogen) atoms. The second kappa shape index (κ2) is 9.61. The van der Waals surface area contributed by atoms with Crippen molar-refractivity contribution < 1.29 is 17.9 Å². The number of benzene rings is 1. The number of rotatable bonds is 8. The summed E-state index contributed by atoms with van der Waals surface area (Å²) in [5.41, 5.74) is -0.00888. The lowest BCUT2D eigenvalue weighted by Crippen LogP contribution is -2.38. The number of hydrogen-bond acceptors (Lipinski definition) is 2. The standard InChI is InChI=1S/C17H21F3N4O/c1-2-21-17(22-8-11-24-9-3-4-10-24)23-12-13-14(18)6-5-7-15(13)25-16(19)20/h3-7,9-10,16H,2,8,11-12H2,1H3,(H2,21,22,23). The molecule has 1 aromatic heterocycles. The smallest absolute Gasteiger partial charge is 0.387 e. The maximum atomic E-state index is 13.9. The van der Waals surface area contributed by atoms with Crippen LogP contribution in [0.1, 0.15) is 12.5 Å². The van der Waals surface area contributed by atoms with E-state index in [1.54, 1.807) is 0 Å². The maximum Gasteiger partial charge on any atom is 0.387 e. The van der Waals surface area contributed by atoms with Crippen LogP contribution in [0.2, 0.25) is 0 Å². The van der Waals surface area contributed by atoms with Crippen molar-refractivity contribution in [1.29, 1.82) is 0 Å². The summed E-state index contributed by atoms with van der Waals surface area (Å²) in [5, 5.41) is 6.15. The Balaban J connectivity index is 2.02. The van der Waals surface area contributed by atoms with Gasteiger partial charge in [-0.3, -0.25) is 0 Å². The second-order valence-electron chi connectivity index (χ2n) is 5.14. The monoisotopic (exact) mass is 354 g/mol. The molecule has 5 nitrogen and oxygen atoms in total. The number of nitrogens with zero attached hydrogens (tertiary/aromatic N) is 2. The lowest BCUT2D eigenvalue weighted by atomic mass is 10.2. The van der Waals surface area contributed by atoms with Gasteiger partial charge < -0.3 is 19.9 Å². The number of aromatic nitrogens is 1. The van der Waals surface area contributed by atoms with Gasteiger partial charge in [0.05, 0.1) is 12.1 Å². The van der Waals surface area contributed by atoms with Crippen molar-refractivity contribution in [3.8, 4) is 5.75 Å². The molecule has 8 heteroatoms. The predicted octanol–water partition coefficient (Wildman–Crippen LogP) is 2.98. The maximum absolute atomic E-state index is 13.9. The van der Waals surface area contributed by atoms with Gasteiger partial charge in [0.15, 0.2) is 5.96 Å². The number of aliphatic imine (C=N–C) groups is 1. The van der Waals surface area contributed by atoms with Crippen LogP contribution in [0.3, 0.4) is 0 Å². The number of guanidine groups is 1. The molecule has 0 atom stereocenters. The Hall–Kier alpha value is -2.64. The van der Waals surface area contributed by atoms with Crippen LogP contribution in [0.5, 0.6) is 5.75 Å². The lowest BCUT2D eigenvalue weighted by Gasteiger charge is -2.13. The van der Waals surface area contributed by atoms with E-state index in [1.165, 1.54) is 18.2 Å². The molecule has 0 aliphatic carbocycles. The third-order valence-corrected chi connectivity index (χ3v) is 3.36. The summed E-state index contributed by atoms with van der Waals surface area (Å²) in [6.07, 6.45) is 3.89. The van der Waals surface area contributed by atoms with E-state index >= 15 is 0 Å². The molecule has 0 aliphatic heterocycles. The lowest BCUT2D eigenvalue weighted by molar-refractivity contribution is -0.0506. The van der Waals surface area contributed by atoms with Crippen molar-refractivity contribution in [2.75, 3.05) is 13.1 Å². The number of nitrogens with one attached hydrogen (secondary N) is 2. The quantitative estimate of drug-likeness (QED) is 0.566. The van der Waals surface area contributed by atoms with E-state index in [-0.39, 0.29) is 17.9 Å². The Morgan fingerprint density at radius 3 is 2.64 bits per heavy atom. The van der Waals surface area contributed by atoms with Crippen LogP contribution < -0.4 is 15.4 Å². The molecule has 0 fully saturated rings. The average Bonchev–Trinajstić information content (AvgIpc) is 3.07. The van der Waals surface area contributed by atoms with Crippen molar-refractivity contribution in [3.63, 3.8) is 0 Å². The highest BCUT2D eigenvalue weighted by Crippen LogP contribution is 2.24. The topological polar surface area (TPSA) is 50.6 Å². The van der Waals surface area contributed by atoms with E-state index in [0.29, 0.717) is 19.0 Å². The molecular weight excluding hydrogens is 333 g/mol. The number of ether oxygens (including phenoxy) is 1. The van der Waals surface area contributed by atoms with Gasteiger partial charge in [-0.15, -0.1) is 0 Å². The molecule has 136 valence electrons. The first-order valence-corrected chi connectivity index (χ1v) is 7.95. The highest BCUT2D eigenvalue weighted by molar-refractivity contribution is 5.79. The molecule has 0 saturated heterocycles. The molecule has 0 spiro atoms. The fraction of sp³-hybridized carbons (Fsp3) is 0.353. The van der Waals surface area contributed by atoms with Crippen LogP contribution in [-0.2, 0) is 13.1 Å². The molecule has 0 aliphatic rings. The van der Waals surface area contributed by atoms with Gasteiger partial charge in [0.2, 0.25) is 0 Å². The van der Waals surface area contributed by atoms with Crippen LogP contribution in [0, 0.1) is 5.82 Å². The predicted molar refractivity (Wildman–Crippen MR) is 90.3 cm³/mol. The third-order valence-electron chi connectivity index (χ3n) is 3.36. The largest absolute Gasteiger partial charge is 0.434 e. The molecule has 0 unspecified atom stereocenters. The van der Waals surface area contributed by atoms with E-state index in [2.05, 4.69) is 20.4 Å². The van der Waals surface area contributed by atoms with Gasteiger partial charge in [0, 0.05) is 32.0 Å². The first-order valence-electron chi connectivity index (χ1n) is 7.95. The van der Waals surface area contributed by atoms with Gasteiger partial charge in [-0.05, 0) is 31.2 Å². The molecule has 0 radical (unpaired) electrons. The molecule has 1 heterocycles. The fourth-order valence-electron chi connectivity index (χ4n) is 2.22. The molecule has 0 bridgehead atoms. The summed E-state index contributed by atoms with van der Waals surface area (Å²) in [4.78, 5) is 4.25. The Morgan fingerprint density at radius 2 is 1.96 bits per heavy atom. The fourth-order valence-corrected chi connectivity index (χ4v) is 2.22. The molecule has 1 aromatic carbocycles.